The summed E-state index contributed by atoms with van der Waals surface area (Å²) in [4.78, 5) is 51.7. The second-order valence-corrected chi connectivity index (χ2v) is 8.32. The van der Waals surface area contributed by atoms with E-state index in [1.807, 2.05) is 0 Å². The molecule has 2 aromatic rings. The third-order valence-corrected chi connectivity index (χ3v) is 5.50. The lowest BCUT2D eigenvalue weighted by atomic mass is 10.2. The highest BCUT2D eigenvalue weighted by molar-refractivity contribution is 8.17. The number of furan rings is 1. The molecule has 0 fully saturated rings. The molecule has 2 rings (SSSR count). The fourth-order valence-electron chi connectivity index (χ4n) is 2.33. The van der Waals surface area contributed by atoms with Gasteiger partial charge in [0.25, 0.3) is 5.12 Å². The van der Waals surface area contributed by atoms with Crippen LogP contribution in [0.15, 0.2) is 39.6 Å². The SMILES string of the molecule is C/C(=C(\CCOP(=O)(O)O)SC(=O)c1ccco1)N(C=O)Cc1cnc(C)nc1N. The molecule has 0 bridgehead atoms. The maximum absolute atomic E-state index is 12.4. The number of aryl methyl sites for hydroxylation is 1. The van der Waals surface area contributed by atoms with Gasteiger partial charge in [0, 0.05) is 28.8 Å². The molecule has 0 atom stereocenters. The molecule has 2 aromatic heterocycles. The molecule has 11 nitrogen and oxygen atoms in total. The first-order valence-corrected chi connectivity index (χ1v) is 10.9. The summed E-state index contributed by atoms with van der Waals surface area (Å²) in [5.41, 5.74) is 6.76. The van der Waals surface area contributed by atoms with Crippen LogP contribution in [0.4, 0.5) is 5.82 Å². The molecule has 4 N–H and O–H groups in total. The maximum Gasteiger partial charge on any atom is 0.469 e. The van der Waals surface area contributed by atoms with Crippen LogP contribution in [-0.2, 0) is 20.4 Å². The first-order chi connectivity index (χ1) is 14.1. The monoisotopic (exact) mass is 456 g/mol. The average molecular weight is 456 g/mol. The number of phosphoric acid groups is 1. The number of thioether (sulfide) groups is 1. The highest BCUT2D eigenvalue weighted by atomic mass is 32.2. The number of hydrogen-bond donors (Lipinski definition) is 3. The Morgan fingerprint density at radius 1 is 1.47 bits per heavy atom. The van der Waals surface area contributed by atoms with Gasteiger partial charge in [0.15, 0.2) is 5.76 Å². The van der Waals surface area contributed by atoms with E-state index in [-0.39, 0.29) is 31.2 Å². The minimum atomic E-state index is -4.68. The molecule has 0 saturated carbocycles. The van der Waals surface area contributed by atoms with E-state index >= 15 is 0 Å². The van der Waals surface area contributed by atoms with E-state index in [9.17, 15) is 14.2 Å². The summed E-state index contributed by atoms with van der Waals surface area (Å²) in [7, 11) is -4.68. The predicted octanol–water partition coefficient (Wildman–Crippen LogP) is 2.22. The number of carbonyl (C=O) groups is 2. The van der Waals surface area contributed by atoms with Crippen LogP contribution in [-0.4, -0.2) is 42.8 Å². The van der Waals surface area contributed by atoms with E-state index in [2.05, 4.69) is 14.5 Å². The molecule has 0 aliphatic heterocycles. The van der Waals surface area contributed by atoms with Crippen LogP contribution in [0.5, 0.6) is 0 Å². The Hall–Kier alpha value is -2.50. The van der Waals surface area contributed by atoms with Crippen molar-refractivity contribution < 1.29 is 32.9 Å². The zero-order chi connectivity index (χ0) is 22.3. The average Bonchev–Trinajstić information content (AvgIpc) is 3.20. The van der Waals surface area contributed by atoms with E-state index in [4.69, 9.17) is 19.9 Å². The highest BCUT2D eigenvalue weighted by Gasteiger charge is 2.20. The van der Waals surface area contributed by atoms with Gasteiger partial charge in [0.1, 0.15) is 11.6 Å². The molecule has 1 amide bonds. The zero-order valence-corrected chi connectivity index (χ0v) is 17.9. The Morgan fingerprint density at radius 2 is 2.20 bits per heavy atom. The lowest BCUT2D eigenvalue weighted by Crippen LogP contribution is -2.22. The number of carbonyl (C=O) groups excluding carboxylic acids is 2. The predicted molar refractivity (Wildman–Crippen MR) is 109 cm³/mol. The Morgan fingerprint density at radius 3 is 2.77 bits per heavy atom. The van der Waals surface area contributed by atoms with Crippen molar-refractivity contribution in [3.8, 4) is 0 Å². The molecule has 30 heavy (non-hydrogen) atoms. The largest absolute Gasteiger partial charge is 0.469 e. The van der Waals surface area contributed by atoms with E-state index < -0.39 is 12.9 Å². The third-order valence-electron chi connectivity index (χ3n) is 3.85. The summed E-state index contributed by atoms with van der Waals surface area (Å²) in [6.07, 6.45) is 3.37. The minimum Gasteiger partial charge on any atom is -0.460 e. The van der Waals surface area contributed by atoms with Gasteiger partial charge in [-0.25, -0.2) is 14.5 Å². The van der Waals surface area contributed by atoms with Crippen LogP contribution in [0.3, 0.4) is 0 Å². The van der Waals surface area contributed by atoms with Crippen molar-refractivity contribution in [1.82, 2.24) is 14.9 Å². The maximum atomic E-state index is 12.4. The van der Waals surface area contributed by atoms with E-state index in [1.165, 1.54) is 23.4 Å². The van der Waals surface area contributed by atoms with Crippen molar-refractivity contribution in [2.45, 2.75) is 26.8 Å². The van der Waals surface area contributed by atoms with Crippen molar-refractivity contribution in [3.63, 3.8) is 0 Å². The first kappa shape index (κ1) is 23.8. The number of nitrogens with zero attached hydrogens (tertiary/aromatic N) is 3. The van der Waals surface area contributed by atoms with Crippen LogP contribution in [0.1, 0.15) is 35.3 Å². The first-order valence-electron chi connectivity index (χ1n) is 8.56. The minimum absolute atomic E-state index is 0.0295. The smallest absolute Gasteiger partial charge is 0.460 e. The quantitative estimate of drug-likeness (QED) is 0.354. The number of hydrogen-bond acceptors (Lipinski definition) is 9. The van der Waals surface area contributed by atoms with Gasteiger partial charge in [-0.3, -0.25) is 14.1 Å². The van der Waals surface area contributed by atoms with Gasteiger partial charge < -0.3 is 24.8 Å². The second-order valence-electron chi connectivity index (χ2n) is 6.01. The summed E-state index contributed by atoms with van der Waals surface area (Å²) in [5, 5.41) is -0.436. The summed E-state index contributed by atoms with van der Waals surface area (Å²) < 4.78 is 20.5. The number of nitrogens with two attached hydrogens (primary N) is 1. The van der Waals surface area contributed by atoms with Crippen molar-refractivity contribution in [2.75, 3.05) is 12.3 Å². The van der Waals surface area contributed by atoms with Crippen LogP contribution < -0.4 is 5.73 Å². The molecule has 0 aliphatic carbocycles. The molecule has 0 radical (unpaired) electrons. The Labute approximate surface area is 176 Å². The Kier molecular flexibility index (Phi) is 8.33. The fourth-order valence-corrected chi connectivity index (χ4v) is 3.55. The summed E-state index contributed by atoms with van der Waals surface area (Å²) >= 11 is 0.773. The third kappa shape index (κ3) is 7.08. The lowest BCUT2D eigenvalue weighted by Gasteiger charge is -2.22. The van der Waals surface area contributed by atoms with Gasteiger partial charge in [-0.1, -0.05) is 0 Å². The van der Waals surface area contributed by atoms with Gasteiger partial charge in [-0.2, -0.15) is 0 Å². The van der Waals surface area contributed by atoms with Crippen molar-refractivity contribution in [3.05, 3.63) is 52.3 Å². The molecular weight excluding hydrogens is 435 g/mol. The van der Waals surface area contributed by atoms with Crippen LogP contribution >= 0.6 is 19.6 Å². The van der Waals surface area contributed by atoms with Gasteiger partial charge in [-0.05, 0) is 37.7 Å². The molecular formula is C17H21N4O7PS. The summed E-state index contributed by atoms with van der Waals surface area (Å²) in [6, 6.07) is 3.04. The van der Waals surface area contributed by atoms with E-state index in [0.717, 1.165) is 11.8 Å². The number of aromatic nitrogens is 2. The lowest BCUT2D eigenvalue weighted by molar-refractivity contribution is -0.116. The van der Waals surface area contributed by atoms with Crippen LogP contribution in [0, 0.1) is 6.92 Å². The van der Waals surface area contributed by atoms with Crippen molar-refractivity contribution in [1.29, 1.82) is 0 Å². The van der Waals surface area contributed by atoms with E-state index in [0.29, 0.717) is 28.4 Å². The molecule has 0 saturated heterocycles. The number of amides is 1. The number of phosphoric ester groups is 1. The number of rotatable bonds is 10. The molecule has 13 heteroatoms. The molecule has 0 spiro atoms. The van der Waals surface area contributed by atoms with Crippen LogP contribution in [0.2, 0.25) is 0 Å². The second kappa shape index (κ2) is 10.5. The normalized spacial score (nSPS) is 12.4. The molecule has 2 heterocycles. The fraction of sp³-hybridized carbons (Fsp3) is 0.294. The summed E-state index contributed by atoms with van der Waals surface area (Å²) in [5.74, 6) is 0.791. The standard InChI is InChI=1S/C17H21N4O7PS/c1-11(21(10-22)9-13-8-19-12(2)20-16(13)18)15(5-7-28-29(24,25)26)30-17(23)14-4-3-6-27-14/h3-4,6,8,10H,5,7,9H2,1-2H3,(H2,18,19,20)(H2,24,25,26)/b15-11-. The molecule has 0 aromatic carbocycles. The van der Waals surface area contributed by atoms with Crippen molar-refractivity contribution >= 4 is 36.9 Å². The highest BCUT2D eigenvalue weighted by Crippen LogP contribution is 2.37. The Balaban J connectivity index is 2.28. The Bertz CT molecular complexity index is 974. The van der Waals surface area contributed by atoms with Gasteiger partial charge in [-0.15, -0.1) is 0 Å². The zero-order valence-electron chi connectivity index (χ0n) is 16.2. The van der Waals surface area contributed by atoms with Crippen molar-refractivity contribution in [2.24, 2.45) is 0 Å². The van der Waals surface area contributed by atoms with Crippen LogP contribution in [0.25, 0.3) is 0 Å². The number of nitrogen functional groups attached to an aromatic ring is 1. The number of anilines is 1. The van der Waals surface area contributed by atoms with Gasteiger partial charge in [0.05, 0.1) is 19.4 Å². The van der Waals surface area contributed by atoms with E-state index in [1.54, 1.807) is 19.9 Å². The number of allylic oxidation sites excluding steroid dienone is 1. The summed E-state index contributed by atoms with van der Waals surface area (Å²) in [6.45, 7) is 2.95. The topological polar surface area (TPSA) is 169 Å². The van der Waals surface area contributed by atoms with Gasteiger partial charge in [0.2, 0.25) is 6.41 Å². The molecule has 0 unspecified atom stereocenters. The molecule has 162 valence electrons. The van der Waals surface area contributed by atoms with Gasteiger partial charge >= 0.3 is 7.82 Å². The molecule has 0 aliphatic rings.